The van der Waals surface area contributed by atoms with E-state index in [-0.39, 0.29) is 0 Å². The number of hydrogen-bond donors (Lipinski definition) is 0. The van der Waals surface area contributed by atoms with Crippen molar-refractivity contribution in [3.8, 4) is 0 Å². The Balaban J connectivity index is 1.83. The molecule has 118 valence electrons. The van der Waals surface area contributed by atoms with E-state index in [4.69, 9.17) is 10.4 Å². The van der Waals surface area contributed by atoms with Crippen LogP contribution in [-0.4, -0.2) is 12.3 Å². The predicted octanol–water partition coefficient (Wildman–Crippen LogP) is 5.76. The first-order valence-electron chi connectivity index (χ1n) is 7.26. The first-order chi connectivity index (χ1) is 11.2. The Kier molecular flexibility index (Phi) is 6.66. The molecule has 0 spiro atoms. The number of oxime groups is 1. The van der Waals surface area contributed by atoms with E-state index < -0.39 is 0 Å². The number of azide groups is 1. The van der Waals surface area contributed by atoms with Gasteiger partial charge in [-0.1, -0.05) is 62.6 Å². The molecule has 23 heavy (non-hydrogen) atoms. The summed E-state index contributed by atoms with van der Waals surface area (Å²) in [5, 5.41) is 7.82. The van der Waals surface area contributed by atoms with Crippen LogP contribution in [0.15, 0.2) is 63.3 Å². The third-order valence-electron chi connectivity index (χ3n) is 3.29. The summed E-state index contributed by atoms with van der Waals surface area (Å²) < 4.78 is 1.04. The molecule has 0 atom stereocenters. The number of aryl methyl sites for hydroxylation is 1. The maximum absolute atomic E-state index is 8.55. The number of rotatable bonds is 7. The Morgan fingerprint density at radius 1 is 1.17 bits per heavy atom. The van der Waals surface area contributed by atoms with E-state index in [9.17, 15) is 0 Å². The van der Waals surface area contributed by atoms with Crippen molar-refractivity contribution in [2.24, 2.45) is 10.3 Å². The van der Waals surface area contributed by atoms with Gasteiger partial charge in [-0.15, -0.1) is 0 Å². The van der Waals surface area contributed by atoms with Crippen molar-refractivity contribution < 1.29 is 4.84 Å². The first kappa shape index (κ1) is 17.1. The Morgan fingerprint density at radius 2 is 1.91 bits per heavy atom. The summed E-state index contributed by atoms with van der Waals surface area (Å²) in [5.74, 6) is 0. The normalized spacial score (nSPS) is 11.0. The average molecular weight is 373 g/mol. The zero-order chi connectivity index (χ0) is 16.5. The van der Waals surface area contributed by atoms with Gasteiger partial charge in [-0.2, -0.15) is 0 Å². The van der Waals surface area contributed by atoms with Crippen LogP contribution in [0.5, 0.6) is 0 Å². The molecule has 6 heteroatoms. The highest BCUT2D eigenvalue weighted by molar-refractivity contribution is 9.10. The van der Waals surface area contributed by atoms with Crippen LogP contribution in [0.4, 0.5) is 5.69 Å². The first-order valence-corrected chi connectivity index (χ1v) is 8.05. The monoisotopic (exact) mass is 372 g/mol. The third-order valence-corrected chi connectivity index (χ3v) is 3.82. The molecule has 0 aromatic heterocycles. The summed E-state index contributed by atoms with van der Waals surface area (Å²) in [6.07, 6.45) is 1.58. The van der Waals surface area contributed by atoms with Crippen LogP contribution in [0.3, 0.4) is 0 Å². The van der Waals surface area contributed by atoms with Crippen LogP contribution in [0.1, 0.15) is 24.5 Å². The second kappa shape index (κ2) is 8.98. The van der Waals surface area contributed by atoms with Crippen molar-refractivity contribution in [1.82, 2.24) is 0 Å². The summed E-state index contributed by atoms with van der Waals surface area (Å²) in [6, 6.07) is 15.5. The Hall–Kier alpha value is -2.30. The smallest absolute Gasteiger partial charge is 0.117 e. The van der Waals surface area contributed by atoms with E-state index in [1.165, 1.54) is 0 Å². The van der Waals surface area contributed by atoms with Crippen molar-refractivity contribution in [3.63, 3.8) is 0 Å². The maximum atomic E-state index is 8.55. The lowest BCUT2D eigenvalue weighted by Crippen LogP contribution is -1.98. The van der Waals surface area contributed by atoms with Crippen molar-refractivity contribution in [1.29, 1.82) is 0 Å². The topological polar surface area (TPSA) is 70.4 Å². The van der Waals surface area contributed by atoms with Gasteiger partial charge in [-0.05, 0) is 48.6 Å². The second-order valence-electron chi connectivity index (χ2n) is 4.94. The molecule has 0 amide bonds. The molecule has 0 radical (unpaired) electrons. The summed E-state index contributed by atoms with van der Waals surface area (Å²) in [7, 11) is 0. The van der Waals surface area contributed by atoms with Gasteiger partial charge in [0.2, 0.25) is 0 Å². The molecule has 0 fully saturated rings. The van der Waals surface area contributed by atoms with E-state index in [0.717, 1.165) is 34.2 Å². The molecular formula is C17H17BrN4O. The SMILES string of the molecule is C/C(=N\OCCCc1ccccc1N=[N+]=[N-])c1ccc(Br)cc1. The fraction of sp³-hybridized carbons (Fsp3) is 0.235. The summed E-state index contributed by atoms with van der Waals surface area (Å²) >= 11 is 3.41. The lowest BCUT2D eigenvalue weighted by atomic mass is 10.1. The molecular weight excluding hydrogens is 356 g/mol. The molecule has 0 aliphatic carbocycles. The van der Waals surface area contributed by atoms with Gasteiger partial charge in [0.25, 0.3) is 0 Å². The molecule has 0 saturated heterocycles. The van der Waals surface area contributed by atoms with E-state index in [0.29, 0.717) is 12.3 Å². The minimum atomic E-state index is 0.512. The zero-order valence-corrected chi connectivity index (χ0v) is 14.4. The molecule has 0 saturated carbocycles. The fourth-order valence-corrected chi connectivity index (χ4v) is 2.35. The Morgan fingerprint density at radius 3 is 2.65 bits per heavy atom. The molecule has 2 aromatic rings. The van der Waals surface area contributed by atoms with Gasteiger partial charge in [0.1, 0.15) is 6.61 Å². The van der Waals surface area contributed by atoms with Crippen molar-refractivity contribution in [2.75, 3.05) is 6.61 Å². The molecule has 2 rings (SSSR count). The number of nitrogens with zero attached hydrogens (tertiary/aromatic N) is 4. The van der Waals surface area contributed by atoms with Crippen molar-refractivity contribution in [2.45, 2.75) is 19.8 Å². The fourth-order valence-electron chi connectivity index (χ4n) is 2.08. The van der Waals surface area contributed by atoms with Crippen LogP contribution in [0.2, 0.25) is 0 Å². The molecule has 0 aliphatic heterocycles. The van der Waals surface area contributed by atoms with Gasteiger partial charge >= 0.3 is 0 Å². The number of halogens is 1. The van der Waals surface area contributed by atoms with E-state index in [1.54, 1.807) is 0 Å². The summed E-state index contributed by atoms with van der Waals surface area (Å²) in [4.78, 5) is 8.22. The van der Waals surface area contributed by atoms with Crippen molar-refractivity contribution in [3.05, 3.63) is 74.6 Å². The van der Waals surface area contributed by atoms with Crippen LogP contribution < -0.4 is 0 Å². The van der Waals surface area contributed by atoms with Gasteiger partial charge in [-0.3, -0.25) is 0 Å². The van der Waals surface area contributed by atoms with Crippen LogP contribution in [0.25, 0.3) is 10.4 Å². The van der Waals surface area contributed by atoms with Gasteiger partial charge in [0.05, 0.1) is 5.71 Å². The van der Waals surface area contributed by atoms with Crippen LogP contribution >= 0.6 is 15.9 Å². The standard InChI is InChI=1S/C17H17BrN4O/c1-13(14-8-10-16(18)11-9-14)21-23-12-4-6-15-5-2-3-7-17(15)20-22-19/h2-3,5,7-11H,4,6,12H2,1H3/b21-13+. The highest BCUT2D eigenvalue weighted by Crippen LogP contribution is 2.20. The van der Waals surface area contributed by atoms with Crippen LogP contribution in [-0.2, 0) is 11.3 Å². The molecule has 0 bridgehead atoms. The van der Waals surface area contributed by atoms with E-state index >= 15 is 0 Å². The van der Waals surface area contributed by atoms with Gasteiger partial charge < -0.3 is 4.84 Å². The minimum absolute atomic E-state index is 0.512. The van der Waals surface area contributed by atoms with E-state index in [1.807, 2.05) is 55.5 Å². The van der Waals surface area contributed by atoms with Gasteiger partial charge in [-0.25, -0.2) is 0 Å². The highest BCUT2D eigenvalue weighted by atomic mass is 79.9. The predicted molar refractivity (Wildman–Crippen MR) is 95.9 cm³/mol. The molecule has 0 unspecified atom stereocenters. The molecule has 0 aliphatic rings. The minimum Gasteiger partial charge on any atom is -0.396 e. The van der Waals surface area contributed by atoms with Gasteiger partial charge in [0.15, 0.2) is 0 Å². The Labute approximate surface area is 143 Å². The number of benzene rings is 2. The van der Waals surface area contributed by atoms with Crippen LogP contribution in [0, 0.1) is 0 Å². The maximum Gasteiger partial charge on any atom is 0.117 e. The average Bonchev–Trinajstić information content (AvgIpc) is 2.56. The Bertz CT molecular complexity index is 722. The molecule has 5 nitrogen and oxygen atoms in total. The van der Waals surface area contributed by atoms with E-state index in [2.05, 4.69) is 31.1 Å². The number of hydrogen-bond acceptors (Lipinski definition) is 3. The van der Waals surface area contributed by atoms with Gasteiger partial charge in [0, 0.05) is 15.1 Å². The quantitative estimate of drug-likeness (QED) is 0.152. The lowest BCUT2D eigenvalue weighted by Gasteiger charge is -2.05. The molecule has 2 aromatic carbocycles. The molecule has 0 heterocycles. The lowest BCUT2D eigenvalue weighted by molar-refractivity contribution is 0.142. The van der Waals surface area contributed by atoms with Crippen molar-refractivity contribution >= 4 is 27.3 Å². The second-order valence-corrected chi connectivity index (χ2v) is 5.85. The molecule has 0 N–H and O–H groups in total. The third kappa shape index (κ3) is 5.43. The zero-order valence-electron chi connectivity index (χ0n) is 12.8. The largest absolute Gasteiger partial charge is 0.396 e. The summed E-state index contributed by atoms with van der Waals surface area (Å²) in [5.41, 5.74) is 12.1. The summed E-state index contributed by atoms with van der Waals surface area (Å²) in [6.45, 7) is 2.43. The highest BCUT2D eigenvalue weighted by Gasteiger charge is 2.01.